The molecule has 0 spiro atoms. The summed E-state index contributed by atoms with van der Waals surface area (Å²) in [6.07, 6.45) is 8.17. The number of hydrogen-bond donors (Lipinski definition) is 3. The van der Waals surface area contributed by atoms with E-state index >= 15 is 0 Å². The lowest BCUT2D eigenvalue weighted by Gasteiger charge is -2.21. The van der Waals surface area contributed by atoms with Crippen LogP contribution in [0.25, 0.3) is 0 Å². The Morgan fingerprint density at radius 2 is 2.00 bits per heavy atom. The first-order valence-electron chi connectivity index (χ1n) is 8.88. The van der Waals surface area contributed by atoms with Gasteiger partial charge in [0, 0.05) is 0 Å². The van der Waals surface area contributed by atoms with Gasteiger partial charge >= 0.3 is 6.03 Å². The Hall–Kier alpha value is -2.41. The molecule has 1 aromatic carbocycles. The van der Waals surface area contributed by atoms with E-state index in [-0.39, 0.29) is 12.6 Å². The molecule has 1 saturated carbocycles. The van der Waals surface area contributed by atoms with Crippen LogP contribution in [0.1, 0.15) is 43.7 Å². The number of aromatic nitrogens is 3. The summed E-state index contributed by atoms with van der Waals surface area (Å²) < 4.78 is 1.85. The minimum Gasteiger partial charge on any atom is -0.394 e. The number of carbonyl (C=O) groups is 1. The van der Waals surface area contributed by atoms with E-state index in [0.717, 1.165) is 18.4 Å². The Morgan fingerprint density at radius 1 is 1.24 bits per heavy atom. The molecule has 2 amide bonds. The van der Waals surface area contributed by atoms with Crippen LogP contribution < -0.4 is 10.6 Å². The molecule has 0 aliphatic heterocycles. The topological polar surface area (TPSA) is 92.1 Å². The summed E-state index contributed by atoms with van der Waals surface area (Å²) in [5.74, 6) is 0.291. The summed E-state index contributed by atoms with van der Waals surface area (Å²) >= 11 is 0. The first-order valence-corrected chi connectivity index (χ1v) is 8.88. The summed E-state index contributed by atoms with van der Waals surface area (Å²) in [5.41, 5.74) is 1.06. The zero-order chi connectivity index (χ0) is 17.5. The fourth-order valence-electron chi connectivity index (χ4n) is 3.24. The van der Waals surface area contributed by atoms with Gasteiger partial charge in [0.15, 0.2) is 0 Å². The normalized spacial score (nSPS) is 16.4. The molecular formula is C18H25N5O2. The predicted molar refractivity (Wildman–Crippen MR) is 95.3 cm³/mol. The average molecular weight is 343 g/mol. The van der Waals surface area contributed by atoms with Crippen molar-refractivity contribution >= 4 is 12.0 Å². The second kappa shape index (κ2) is 8.62. The minimum absolute atomic E-state index is 0.133. The Morgan fingerprint density at radius 3 is 2.72 bits per heavy atom. The molecule has 3 N–H and O–H groups in total. The van der Waals surface area contributed by atoms with Gasteiger partial charge in [-0.25, -0.2) is 14.5 Å². The van der Waals surface area contributed by atoms with Crippen LogP contribution in [0.3, 0.4) is 0 Å². The first-order chi connectivity index (χ1) is 12.2. The molecule has 1 fully saturated rings. The molecule has 1 aliphatic rings. The number of hydrogen-bond acceptors (Lipinski definition) is 4. The van der Waals surface area contributed by atoms with Crippen LogP contribution in [0.4, 0.5) is 10.7 Å². The van der Waals surface area contributed by atoms with Crippen LogP contribution in [0.2, 0.25) is 0 Å². The number of aliphatic hydroxyl groups excluding tert-OH is 1. The molecule has 0 bridgehead atoms. The minimum atomic E-state index is -0.406. The van der Waals surface area contributed by atoms with Crippen molar-refractivity contribution in [3.63, 3.8) is 0 Å². The van der Waals surface area contributed by atoms with Crippen LogP contribution in [0, 0.1) is 0 Å². The summed E-state index contributed by atoms with van der Waals surface area (Å²) in [5, 5.41) is 19.3. The van der Waals surface area contributed by atoms with Gasteiger partial charge in [0.1, 0.15) is 6.33 Å². The van der Waals surface area contributed by atoms with E-state index < -0.39 is 6.03 Å². The van der Waals surface area contributed by atoms with E-state index in [1.54, 1.807) is 6.33 Å². The van der Waals surface area contributed by atoms with E-state index in [0.29, 0.717) is 18.4 Å². The van der Waals surface area contributed by atoms with E-state index in [2.05, 4.69) is 20.7 Å². The quantitative estimate of drug-likeness (QED) is 0.751. The van der Waals surface area contributed by atoms with Crippen LogP contribution in [0.5, 0.6) is 0 Å². The number of rotatable bonds is 6. The van der Waals surface area contributed by atoms with Crippen molar-refractivity contribution in [2.45, 2.75) is 50.6 Å². The van der Waals surface area contributed by atoms with Crippen LogP contribution in [-0.4, -0.2) is 38.6 Å². The number of nitrogens with one attached hydrogen (secondary N) is 2. The van der Waals surface area contributed by atoms with Gasteiger partial charge in [-0.1, -0.05) is 49.6 Å². The van der Waals surface area contributed by atoms with Crippen molar-refractivity contribution in [3.05, 3.63) is 42.2 Å². The number of amides is 2. The molecule has 7 heteroatoms. The Bertz CT molecular complexity index is 667. The van der Waals surface area contributed by atoms with E-state index in [1.807, 2.05) is 35.0 Å². The van der Waals surface area contributed by atoms with Gasteiger partial charge in [-0.3, -0.25) is 5.32 Å². The zero-order valence-electron chi connectivity index (χ0n) is 14.3. The molecule has 1 aromatic heterocycles. The molecule has 1 atom stereocenters. The second-order valence-corrected chi connectivity index (χ2v) is 6.51. The number of urea groups is 1. The summed E-state index contributed by atoms with van der Waals surface area (Å²) in [7, 11) is 0. The Balaban J connectivity index is 1.52. The third-order valence-corrected chi connectivity index (χ3v) is 4.56. The van der Waals surface area contributed by atoms with Gasteiger partial charge in [0.2, 0.25) is 5.95 Å². The number of anilines is 1. The maximum absolute atomic E-state index is 12.1. The number of carbonyl (C=O) groups excluding carboxylic acids is 1. The van der Waals surface area contributed by atoms with Crippen molar-refractivity contribution in [1.82, 2.24) is 20.1 Å². The standard InChI is InChI=1S/C18H25N5O2/c24-12-15(11-14-7-3-1-4-8-14)20-18(25)21-17-19-13-23(22-17)16-9-5-2-6-10-16/h1,3-4,7-8,13,15-16,24H,2,5-6,9-12H2,(H2,20,21,22,25)/t15-/m1/s1. The molecule has 25 heavy (non-hydrogen) atoms. The number of benzene rings is 1. The second-order valence-electron chi connectivity index (χ2n) is 6.51. The van der Waals surface area contributed by atoms with Gasteiger partial charge in [-0.2, -0.15) is 0 Å². The smallest absolute Gasteiger partial charge is 0.321 e. The van der Waals surface area contributed by atoms with Crippen LogP contribution in [-0.2, 0) is 6.42 Å². The summed E-state index contributed by atoms with van der Waals surface area (Å²) in [6.45, 7) is -0.133. The fourth-order valence-corrected chi connectivity index (χ4v) is 3.24. The summed E-state index contributed by atoms with van der Waals surface area (Å²) in [6, 6.07) is 9.36. The van der Waals surface area contributed by atoms with Gasteiger partial charge in [0.25, 0.3) is 0 Å². The Labute approximate surface area is 147 Å². The van der Waals surface area contributed by atoms with Crippen LogP contribution in [0.15, 0.2) is 36.7 Å². The average Bonchev–Trinajstić information content (AvgIpc) is 3.11. The Kier molecular flexibility index (Phi) is 6.00. The highest BCUT2D eigenvalue weighted by Gasteiger charge is 2.18. The van der Waals surface area contributed by atoms with Gasteiger partial charge < -0.3 is 10.4 Å². The molecule has 0 saturated heterocycles. The first kappa shape index (κ1) is 17.4. The van der Waals surface area contributed by atoms with Gasteiger partial charge in [0.05, 0.1) is 18.7 Å². The van der Waals surface area contributed by atoms with Crippen molar-refractivity contribution < 1.29 is 9.90 Å². The number of aliphatic hydroxyl groups is 1. The molecule has 1 heterocycles. The zero-order valence-corrected chi connectivity index (χ0v) is 14.3. The van der Waals surface area contributed by atoms with E-state index in [1.165, 1.54) is 19.3 Å². The molecule has 0 unspecified atom stereocenters. The van der Waals surface area contributed by atoms with Crippen LogP contribution >= 0.6 is 0 Å². The monoisotopic (exact) mass is 343 g/mol. The highest BCUT2D eigenvalue weighted by molar-refractivity contribution is 5.87. The molecule has 0 radical (unpaired) electrons. The molecular weight excluding hydrogens is 318 g/mol. The predicted octanol–water partition coefficient (Wildman–Crippen LogP) is 2.51. The van der Waals surface area contributed by atoms with Gasteiger partial charge in [-0.15, -0.1) is 5.10 Å². The van der Waals surface area contributed by atoms with Crippen molar-refractivity contribution in [1.29, 1.82) is 0 Å². The highest BCUT2D eigenvalue weighted by atomic mass is 16.3. The van der Waals surface area contributed by atoms with Crippen molar-refractivity contribution in [2.75, 3.05) is 11.9 Å². The lowest BCUT2D eigenvalue weighted by Crippen LogP contribution is -2.41. The fraction of sp³-hybridized carbons (Fsp3) is 0.500. The number of nitrogens with zero attached hydrogens (tertiary/aromatic N) is 3. The third-order valence-electron chi connectivity index (χ3n) is 4.56. The SMILES string of the molecule is O=C(Nc1ncn(C2CCCCC2)n1)N[C@@H](CO)Cc1ccccc1. The maximum atomic E-state index is 12.1. The lowest BCUT2D eigenvalue weighted by molar-refractivity contribution is 0.224. The summed E-state index contributed by atoms with van der Waals surface area (Å²) in [4.78, 5) is 16.3. The molecule has 134 valence electrons. The largest absolute Gasteiger partial charge is 0.394 e. The van der Waals surface area contributed by atoms with Crippen molar-refractivity contribution in [3.8, 4) is 0 Å². The van der Waals surface area contributed by atoms with Gasteiger partial charge in [-0.05, 0) is 24.8 Å². The maximum Gasteiger partial charge on any atom is 0.321 e. The highest BCUT2D eigenvalue weighted by Crippen LogP contribution is 2.27. The van der Waals surface area contributed by atoms with E-state index in [4.69, 9.17) is 0 Å². The molecule has 1 aliphatic carbocycles. The van der Waals surface area contributed by atoms with E-state index in [9.17, 15) is 9.90 Å². The molecule has 2 aromatic rings. The van der Waals surface area contributed by atoms with Crippen molar-refractivity contribution in [2.24, 2.45) is 0 Å². The molecule has 7 nitrogen and oxygen atoms in total. The molecule has 3 rings (SSSR count). The lowest BCUT2D eigenvalue weighted by atomic mass is 9.96. The third kappa shape index (κ3) is 5.03.